The topological polar surface area (TPSA) is 118 Å². The first-order valence-corrected chi connectivity index (χ1v) is 12.9. The number of thiophene rings is 1. The van der Waals surface area contributed by atoms with Gasteiger partial charge in [0.05, 0.1) is 17.8 Å². The van der Waals surface area contributed by atoms with Crippen molar-refractivity contribution in [3.8, 4) is 0 Å². The number of anilines is 2. The highest BCUT2D eigenvalue weighted by atomic mass is 32.1. The number of amides is 1. The first-order valence-electron chi connectivity index (χ1n) is 12.1. The molecule has 5 rings (SSSR count). The minimum atomic E-state index is -4.55. The predicted octanol–water partition coefficient (Wildman–Crippen LogP) is 2.18. The number of hydrogen-bond donors (Lipinski definition) is 2. The minimum absolute atomic E-state index is 0.0264. The molecule has 36 heavy (non-hydrogen) atoms. The summed E-state index contributed by atoms with van der Waals surface area (Å²) in [6.07, 6.45) is -1.97. The van der Waals surface area contributed by atoms with Crippen LogP contribution in [-0.2, 0) is 30.5 Å². The molecule has 1 amide bonds. The van der Waals surface area contributed by atoms with Crippen LogP contribution in [0.15, 0.2) is 6.07 Å². The van der Waals surface area contributed by atoms with E-state index in [0.717, 1.165) is 27.6 Å². The van der Waals surface area contributed by atoms with Crippen molar-refractivity contribution in [2.75, 3.05) is 42.5 Å². The van der Waals surface area contributed by atoms with Crippen LogP contribution in [-0.4, -0.2) is 63.4 Å². The maximum absolute atomic E-state index is 13.3. The molecule has 1 atom stereocenters. The number of carbonyl (C=O) groups excluding carboxylic acids is 1. The van der Waals surface area contributed by atoms with E-state index in [1.54, 1.807) is 11.3 Å². The van der Waals surface area contributed by atoms with E-state index in [9.17, 15) is 18.0 Å². The quantitative estimate of drug-likeness (QED) is 0.484. The molecule has 0 spiro atoms. The van der Waals surface area contributed by atoms with E-state index in [0.29, 0.717) is 50.9 Å². The summed E-state index contributed by atoms with van der Waals surface area (Å²) in [6.45, 7) is 4.68. The first-order chi connectivity index (χ1) is 17.3. The van der Waals surface area contributed by atoms with E-state index in [4.69, 9.17) is 15.7 Å². The minimum Gasteiger partial charge on any atom is -0.355 e. The van der Waals surface area contributed by atoms with Gasteiger partial charge in [-0.3, -0.25) is 4.79 Å². The van der Waals surface area contributed by atoms with Crippen molar-refractivity contribution in [3.05, 3.63) is 22.6 Å². The molecule has 3 aromatic rings. The third kappa shape index (κ3) is 4.71. The van der Waals surface area contributed by atoms with Gasteiger partial charge in [-0.25, -0.2) is 4.98 Å². The van der Waals surface area contributed by atoms with Crippen LogP contribution < -0.4 is 20.9 Å². The molecule has 14 heteroatoms. The highest BCUT2D eigenvalue weighted by Crippen LogP contribution is 2.36. The summed E-state index contributed by atoms with van der Waals surface area (Å²) in [5.74, 6) is 0.284. The Hall–Kier alpha value is -3.00. The highest BCUT2D eigenvalue weighted by molar-refractivity contribution is 7.18. The van der Waals surface area contributed by atoms with Gasteiger partial charge in [0.1, 0.15) is 10.6 Å². The monoisotopic (exact) mass is 523 g/mol. The summed E-state index contributed by atoms with van der Waals surface area (Å²) in [7, 11) is 0. The molecule has 10 nitrogen and oxygen atoms in total. The van der Waals surface area contributed by atoms with Gasteiger partial charge >= 0.3 is 6.18 Å². The number of nitrogens with one attached hydrogen (secondary N) is 1. The number of carbonyl (C=O) groups is 1. The average molecular weight is 524 g/mol. The zero-order chi connectivity index (χ0) is 25.4. The molecular weight excluding hydrogens is 495 g/mol. The van der Waals surface area contributed by atoms with Crippen molar-refractivity contribution in [1.82, 2.24) is 30.0 Å². The number of aryl methyl sites for hydroxylation is 1. The second kappa shape index (κ2) is 9.81. The van der Waals surface area contributed by atoms with E-state index >= 15 is 0 Å². The van der Waals surface area contributed by atoms with Crippen molar-refractivity contribution in [2.45, 2.75) is 45.5 Å². The van der Waals surface area contributed by atoms with Crippen molar-refractivity contribution in [1.29, 1.82) is 0 Å². The maximum atomic E-state index is 13.3. The third-order valence-corrected chi connectivity index (χ3v) is 7.59. The molecule has 0 saturated carbocycles. The van der Waals surface area contributed by atoms with Crippen LogP contribution in [0, 0.1) is 5.92 Å². The molecule has 0 aliphatic carbocycles. The molecule has 2 aliphatic rings. The number of nitrogens with zero attached hydrogens (tertiary/aromatic N) is 7. The number of hydrogen-bond acceptors (Lipinski definition) is 9. The van der Waals surface area contributed by atoms with Gasteiger partial charge in [-0.2, -0.15) is 18.2 Å². The number of fused-ring (bicyclic) bond motifs is 2. The summed E-state index contributed by atoms with van der Waals surface area (Å²) >= 11 is 1.60. The fourth-order valence-corrected chi connectivity index (χ4v) is 5.86. The molecule has 5 heterocycles. The number of halogens is 3. The summed E-state index contributed by atoms with van der Waals surface area (Å²) < 4.78 is 41.0. The molecule has 3 N–H and O–H groups in total. The smallest absolute Gasteiger partial charge is 0.355 e. The lowest BCUT2D eigenvalue weighted by Gasteiger charge is -2.30. The molecule has 0 aromatic carbocycles. The van der Waals surface area contributed by atoms with Gasteiger partial charge in [-0.1, -0.05) is 13.3 Å². The van der Waals surface area contributed by atoms with Gasteiger partial charge in [0, 0.05) is 44.1 Å². The fraction of sp³-hybridized carbons (Fsp3) is 0.591. The number of aromatic nitrogens is 5. The van der Waals surface area contributed by atoms with Gasteiger partial charge in [-0.05, 0) is 18.9 Å². The zero-order valence-electron chi connectivity index (χ0n) is 19.9. The normalized spacial score (nSPS) is 18.2. The molecule has 2 aliphatic heterocycles. The van der Waals surface area contributed by atoms with Crippen molar-refractivity contribution in [3.63, 3.8) is 0 Å². The van der Waals surface area contributed by atoms with Crippen LogP contribution in [0.1, 0.15) is 36.3 Å². The predicted molar refractivity (Wildman–Crippen MR) is 130 cm³/mol. The van der Waals surface area contributed by atoms with Gasteiger partial charge in [0.15, 0.2) is 5.82 Å². The lowest BCUT2D eigenvalue weighted by Crippen LogP contribution is -2.37. The Bertz CT molecular complexity index is 1260. The zero-order valence-corrected chi connectivity index (χ0v) is 20.7. The molecule has 3 aromatic heterocycles. The second-order valence-corrected chi connectivity index (χ2v) is 10.2. The molecule has 1 saturated heterocycles. The number of alkyl halides is 3. The standard InChI is InChI=1S/C22H28F3N9OS/c1-2-3-14-10-15-17(32-8-9-34-16(12-32)30-31-20(34)22(23,24)25)28-21(29-19(15)36-14)33-7-4-13(11-33)18(35)27-6-5-26/h10,13H,2-9,11-12,26H2,1H3,(H,27,35)/t13-/m0/s1. The Morgan fingerprint density at radius 1 is 1.22 bits per heavy atom. The van der Waals surface area contributed by atoms with Crippen LogP contribution in [0.5, 0.6) is 0 Å². The summed E-state index contributed by atoms with van der Waals surface area (Å²) in [5.41, 5.74) is 5.50. The van der Waals surface area contributed by atoms with Crippen LogP contribution in [0.25, 0.3) is 10.2 Å². The molecule has 194 valence electrons. The summed E-state index contributed by atoms with van der Waals surface area (Å²) in [4.78, 5) is 28.1. The molecular formula is C22H28F3N9OS. The third-order valence-electron chi connectivity index (χ3n) is 6.50. The van der Waals surface area contributed by atoms with Crippen molar-refractivity contribution in [2.24, 2.45) is 11.7 Å². The lowest BCUT2D eigenvalue weighted by molar-refractivity contribution is -0.147. The van der Waals surface area contributed by atoms with Crippen LogP contribution >= 0.6 is 11.3 Å². The van der Waals surface area contributed by atoms with E-state index in [1.165, 1.54) is 4.88 Å². The van der Waals surface area contributed by atoms with Gasteiger partial charge in [0.2, 0.25) is 17.7 Å². The number of rotatable bonds is 7. The molecule has 1 fully saturated rings. The van der Waals surface area contributed by atoms with Gasteiger partial charge in [0.25, 0.3) is 0 Å². The Morgan fingerprint density at radius 3 is 2.81 bits per heavy atom. The van der Waals surface area contributed by atoms with Gasteiger partial charge in [-0.15, -0.1) is 21.5 Å². The van der Waals surface area contributed by atoms with Gasteiger partial charge < -0.3 is 25.4 Å². The van der Waals surface area contributed by atoms with Crippen LogP contribution in [0.2, 0.25) is 0 Å². The van der Waals surface area contributed by atoms with E-state index in [2.05, 4.69) is 28.5 Å². The van der Waals surface area contributed by atoms with E-state index in [1.807, 2.05) is 9.80 Å². The van der Waals surface area contributed by atoms with Crippen LogP contribution in [0.3, 0.4) is 0 Å². The Labute approximate surface area is 209 Å². The molecule has 0 bridgehead atoms. The van der Waals surface area contributed by atoms with Crippen molar-refractivity contribution >= 4 is 39.2 Å². The van der Waals surface area contributed by atoms with Crippen LogP contribution in [0.4, 0.5) is 24.9 Å². The average Bonchev–Trinajstić information content (AvgIpc) is 3.59. The SMILES string of the molecule is CCCc1cc2c(N3CCn4c(nnc4C(F)(F)F)C3)nc(N3CC[C@H](C(=O)NCCN)C3)nc2s1. The van der Waals surface area contributed by atoms with E-state index in [-0.39, 0.29) is 30.7 Å². The maximum Gasteiger partial charge on any atom is 0.451 e. The van der Waals surface area contributed by atoms with E-state index < -0.39 is 12.0 Å². The largest absolute Gasteiger partial charge is 0.451 e. The molecule has 0 radical (unpaired) electrons. The Morgan fingerprint density at radius 2 is 2.06 bits per heavy atom. The lowest BCUT2D eigenvalue weighted by atomic mass is 10.1. The first kappa shape index (κ1) is 24.7. The second-order valence-electron chi connectivity index (χ2n) is 9.05. The highest BCUT2D eigenvalue weighted by Gasteiger charge is 2.40. The summed E-state index contributed by atoms with van der Waals surface area (Å²) in [5, 5.41) is 10.9. The Balaban J connectivity index is 1.46. The summed E-state index contributed by atoms with van der Waals surface area (Å²) in [6, 6.07) is 2.08. The number of nitrogens with two attached hydrogens (primary N) is 1. The Kier molecular flexibility index (Phi) is 6.72. The molecule has 0 unspecified atom stereocenters. The fourth-order valence-electron chi connectivity index (χ4n) is 4.74. The van der Waals surface area contributed by atoms with Crippen molar-refractivity contribution < 1.29 is 18.0 Å².